The van der Waals surface area contributed by atoms with E-state index in [0.717, 1.165) is 42.7 Å². The molecule has 1 aliphatic heterocycles. The van der Waals surface area contributed by atoms with Gasteiger partial charge in [0, 0.05) is 19.3 Å². The molecule has 0 radical (unpaired) electrons. The average molecular weight is 378 g/mol. The SMILES string of the molecule is Cc1ccc(-n2c(=O)c3cccnc3n2CC(=O)N2CCC(C)CC2)cc1C. The van der Waals surface area contributed by atoms with Crippen molar-refractivity contribution in [2.24, 2.45) is 5.92 Å². The molecule has 1 aromatic carbocycles. The number of hydrogen-bond acceptors (Lipinski definition) is 3. The fraction of sp³-hybridized carbons (Fsp3) is 0.409. The highest BCUT2D eigenvalue weighted by Gasteiger charge is 2.23. The first-order valence-corrected chi connectivity index (χ1v) is 9.87. The maximum absolute atomic E-state index is 13.1. The molecule has 0 N–H and O–H groups in total. The number of piperidine rings is 1. The smallest absolute Gasteiger partial charge is 0.280 e. The van der Waals surface area contributed by atoms with Gasteiger partial charge in [-0.25, -0.2) is 9.67 Å². The molecule has 0 saturated carbocycles. The molecule has 1 fully saturated rings. The molecule has 28 heavy (non-hydrogen) atoms. The van der Waals surface area contributed by atoms with Crippen molar-refractivity contribution in [2.45, 2.75) is 40.2 Å². The molecule has 3 aromatic rings. The van der Waals surface area contributed by atoms with E-state index in [1.807, 2.05) is 36.9 Å². The van der Waals surface area contributed by atoms with Crippen LogP contribution in [0.25, 0.3) is 16.7 Å². The molecule has 6 nitrogen and oxygen atoms in total. The Kier molecular flexibility index (Phi) is 4.79. The summed E-state index contributed by atoms with van der Waals surface area (Å²) in [5.41, 5.74) is 3.42. The number of pyridine rings is 1. The van der Waals surface area contributed by atoms with Crippen LogP contribution in [-0.4, -0.2) is 38.2 Å². The van der Waals surface area contributed by atoms with E-state index < -0.39 is 0 Å². The minimum absolute atomic E-state index is 0.0343. The molecule has 0 unspecified atom stereocenters. The highest BCUT2D eigenvalue weighted by Crippen LogP contribution is 2.19. The van der Waals surface area contributed by atoms with E-state index in [4.69, 9.17) is 0 Å². The minimum atomic E-state index is -0.147. The number of hydrogen-bond donors (Lipinski definition) is 0. The highest BCUT2D eigenvalue weighted by molar-refractivity contribution is 5.80. The van der Waals surface area contributed by atoms with E-state index in [-0.39, 0.29) is 18.0 Å². The molecular formula is C22H26N4O2. The van der Waals surface area contributed by atoms with Crippen molar-refractivity contribution >= 4 is 16.9 Å². The first-order valence-electron chi connectivity index (χ1n) is 9.87. The lowest BCUT2D eigenvalue weighted by atomic mass is 9.99. The van der Waals surface area contributed by atoms with Crippen LogP contribution < -0.4 is 5.56 Å². The van der Waals surface area contributed by atoms with Gasteiger partial charge in [-0.15, -0.1) is 0 Å². The first-order chi connectivity index (χ1) is 13.5. The Morgan fingerprint density at radius 3 is 2.61 bits per heavy atom. The molecule has 146 valence electrons. The molecule has 0 atom stereocenters. The Labute approximate surface area is 164 Å². The number of fused-ring (bicyclic) bond motifs is 1. The quantitative estimate of drug-likeness (QED) is 0.704. The second-order valence-electron chi connectivity index (χ2n) is 7.88. The van der Waals surface area contributed by atoms with Gasteiger partial charge in [-0.1, -0.05) is 13.0 Å². The molecule has 1 aliphatic rings. The van der Waals surface area contributed by atoms with Gasteiger partial charge in [0.15, 0.2) is 5.65 Å². The Morgan fingerprint density at radius 2 is 1.89 bits per heavy atom. The zero-order valence-electron chi connectivity index (χ0n) is 16.7. The summed E-state index contributed by atoms with van der Waals surface area (Å²) in [5, 5.41) is 0.529. The van der Waals surface area contributed by atoms with E-state index in [9.17, 15) is 9.59 Å². The topological polar surface area (TPSA) is 60.1 Å². The monoisotopic (exact) mass is 378 g/mol. The van der Waals surface area contributed by atoms with Gasteiger partial charge < -0.3 is 4.90 Å². The van der Waals surface area contributed by atoms with Gasteiger partial charge in [0.25, 0.3) is 5.56 Å². The van der Waals surface area contributed by atoms with Gasteiger partial charge in [-0.3, -0.25) is 14.3 Å². The number of nitrogens with zero attached hydrogens (tertiary/aromatic N) is 4. The third-order valence-electron chi connectivity index (χ3n) is 5.85. The summed E-state index contributed by atoms with van der Waals surface area (Å²) in [6, 6.07) is 9.43. The summed E-state index contributed by atoms with van der Waals surface area (Å²) in [4.78, 5) is 32.4. The van der Waals surface area contributed by atoms with Gasteiger partial charge in [0.05, 0.1) is 11.1 Å². The fourth-order valence-electron chi connectivity index (χ4n) is 3.83. The van der Waals surface area contributed by atoms with Crippen molar-refractivity contribution < 1.29 is 4.79 Å². The van der Waals surface area contributed by atoms with Crippen molar-refractivity contribution in [3.63, 3.8) is 0 Å². The number of amides is 1. The van der Waals surface area contributed by atoms with Crippen LogP contribution in [-0.2, 0) is 11.3 Å². The number of rotatable bonds is 3. The Bertz CT molecular complexity index is 1090. The van der Waals surface area contributed by atoms with Crippen LogP contribution in [0.4, 0.5) is 0 Å². The van der Waals surface area contributed by atoms with E-state index in [0.29, 0.717) is 17.0 Å². The van der Waals surface area contributed by atoms with Crippen molar-refractivity contribution in [1.29, 1.82) is 0 Å². The number of aryl methyl sites for hydroxylation is 2. The van der Waals surface area contributed by atoms with E-state index in [1.165, 1.54) is 0 Å². The normalized spacial score (nSPS) is 15.3. The second-order valence-corrected chi connectivity index (χ2v) is 7.88. The largest absolute Gasteiger partial charge is 0.341 e. The second kappa shape index (κ2) is 7.26. The fourth-order valence-corrected chi connectivity index (χ4v) is 3.83. The molecule has 3 heterocycles. The van der Waals surface area contributed by atoms with E-state index >= 15 is 0 Å². The van der Waals surface area contributed by atoms with Crippen molar-refractivity contribution in [2.75, 3.05) is 13.1 Å². The van der Waals surface area contributed by atoms with Gasteiger partial charge in [0.1, 0.15) is 6.54 Å². The minimum Gasteiger partial charge on any atom is -0.341 e. The summed E-state index contributed by atoms with van der Waals surface area (Å²) in [7, 11) is 0. The summed E-state index contributed by atoms with van der Waals surface area (Å²) < 4.78 is 3.32. The van der Waals surface area contributed by atoms with E-state index in [2.05, 4.69) is 11.9 Å². The zero-order chi connectivity index (χ0) is 19.8. The summed E-state index contributed by atoms with van der Waals surface area (Å²) >= 11 is 0. The van der Waals surface area contributed by atoms with Crippen LogP contribution in [0, 0.1) is 19.8 Å². The maximum atomic E-state index is 13.1. The van der Waals surface area contributed by atoms with Crippen LogP contribution in [0.5, 0.6) is 0 Å². The first kappa shape index (κ1) is 18.5. The van der Waals surface area contributed by atoms with Crippen molar-refractivity contribution in [3.05, 3.63) is 58.0 Å². The van der Waals surface area contributed by atoms with Crippen molar-refractivity contribution in [3.8, 4) is 5.69 Å². The third kappa shape index (κ3) is 3.23. The predicted molar refractivity (Wildman–Crippen MR) is 110 cm³/mol. The van der Waals surface area contributed by atoms with Crippen LogP contribution in [0.1, 0.15) is 30.9 Å². The van der Waals surface area contributed by atoms with Crippen LogP contribution in [0.2, 0.25) is 0 Å². The van der Waals surface area contributed by atoms with E-state index in [1.54, 1.807) is 27.7 Å². The molecular weight excluding hydrogens is 352 g/mol. The molecule has 0 spiro atoms. The Balaban J connectivity index is 1.79. The summed E-state index contributed by atoms with van der Waals surface area (Å²) in [5.74, 6) is 0.693. The van der Waals surface area contributed by atoms with Crippen LogP contribution >= 0.6 is 0 Å². The molecule has 4 rings (SSSR count). The van der Waals surface area contributed by atoms with Gasteiger partial charge in [-0.2, -0.15) is 0 Å². The average Bonchev–Trinajstić information content (AvgIpc) is 2.97. The number of carbonyl (C=O) groups is 1. The van der Waals surface area contributed by atoms with Crippen LogP contribution in [0.3, 0.4) is 0 Å². The standard InChI is InChI=1S/C22H26N4O2/c1-15-8-11-24(12-9-15)20(27)14-25-21-19(5-4-10-23-21)22(28)26(25)18-7-6-16(2)17(3)13-18/h4-7,10,13,15H,8-9,11-12,14H2,1-3H3. The number of benzene rings is 1. The number of likely N-dealkylation sites (tertiary alicyclic amines) is 1. The van der Waals surface area contributed by atoms with Crippen molar-refractivity contribution in [1.82, 2.24) is 19.2 Å². The van der Waals surface area contributed by atoms with Gasteiger partial charge >= 0.3 is 0 Å². The van der Waals surface area contributed by atoms with Gasteiger partial charge in [-0.05, 0) is 68.0 Å². The molecule has 0 bridgehead atoms. The summed E-state index contributed by atoms with van der Waals surface area (Å²) in [6.07, 6.45) is 3.72. The predicted octanol–water partition coefficient (Wildman–Crippen LogP) is 3.06. The maximum Gasteiger partial charge on any atom is 0.280 e. The Morgan fingerprint density at radius 1 is 1.14 bits per heavy atom. The molecule has 1 amide bonds. The number of aromatic nitrogens is 3. The van der Waals surface area contributed by atoms with Gasteiger partial charge in [0.2, 0.25) is 5.91 Å². The molecule has 0 aliphatic carbocycles. The highest BCUT2D eigenvalue weighted by atomic mass is 16.2. The summed E-state index contributed by atoms with van der Waals surface area (Å²) in [6.45, 7) is 7.95. The molecule has 6 heteroatoms. The lowest BCUT2D eigenvalue weighted by Gasteiger charge is -2.30. The van der Waals surface area contributed by atoms with Crippen LogP contribution in [0.15, 0.2) is 41.3 Å². The lowest BCUT2D eigenvalue weighted by Crippen LogP contribution is -2.40. The Hall–Kier alpha value is -2.89. The number of carbonyl (C=O) groups excluding carboxylic acids is 1. The molecule has 2 aromatic heterocycles. The third-order valence-corrected chi connectivity index (χ3v) is 5.85. The zero-order valence-corrected chi connectivity index (χ0v) is 16.7. The lowest BCUT2D eigenvalue weighted by molar-refractivity contribution is -0.133. The molecule has 1 saturated heterocycles.